The zero-order valence-corrected chi connectivity index (χ0v) is 10.8. The van der Waals surface area contributed by atoms with E-state index >= 15 is 0 Å². The summed E-state index contributed by atoms with van der Waals surface area (Å²) in [7, 11) is 0. The Morgan fingerprint density at radius 1 is 1.12 bits per heavy atom. The fourth-order valence-electron chi connectivity index (χ4n) is 1.07. The zero-order valence-electron chi connectivity index (χ0n) is 7.75. The van der Waals surface area contributed by atoms with E-state index in [0.29, 0.717) is 5.56 Å². The number of carboxylic acid groups (broad SMARTS) is 1. The number of benzene rings is 1. The van der Waals surface area contributed by atoms with Gasteiger partial charge in [-0.3, -0.25) is 0 Å². The van der Waals surface area contributed by atoms with Gasteiger partial charge in [0.25, 0.3) is 0 Å². The first-order valence-electron chi connectivity index (χ1n) is 4.09. The molecule has 0 heterocycles. The minimum Gasteiger partial charge on any atom is -0.478 e. The molecule has 0 bridgehead atoms. The third-order valence-electron chi connectivity index (χ3n) is 1.74. The lowest BCUT2D eigenvalue weighted by Crippen LogP contribution is -2.17. The molecule has 0 aliphatic carbocycles. The second kappa shape index (κ2) is 5.28. The van der Waals surface area contributed by atoms with Crippen molar-refractivity contribution in [1.29, 1.82) is 0 Å². The number of aliphatic carboxylic acids is 1. The van der Waals surface area contributed by atoms with E-state index in [-0.39, 0.29) is 5.03 Å². The second-order valence-electron chi connectivity index (χ2n) is 2.86. The van der Waals surface area contributed by atoms with Crippen LogP contribution >= 0.6 is 46.4 Å². The van der Waals surface area contributed by atoms with Gasteiger partial charge in [0, 0.05) is 0 Å². The smallest absolute Gasteiger partial charge is 0.337 e. The van der Waals surface area contributed by atoms with Crippen LogP contribution in [0.3, 0.4) is 0 Å². The summed E-state index contributed by atoms with van der Waals surface area (Å²) in [4.78, 5) is 11.0. The average Bonchev–Trinajstić information content (AvgIpc) is 2.16. The van der Waals surface area contributed by atoms with Crippen molar-refractivity contribution in [3.63, 3.8) is 0 Å². The van der Waals surface area contributed by atoms with Crippen molar-refractivity contribution in [2.24, 2.45) is 0 Å². The monoisotopic (exact) mass is 298 g/mol. The van der Waals surface area contributed by atoms with Crippen LogP contribution in [0.1, 0.15) is 5.56 Å². The molecule has 0 aromatic heterocycles. The lowest BCUT2D eigenvalue weighted by molar-refractivity contribution is -0.132. The summed E-state index contributed by atoms with van der Waals surface area (Å²) in [5.41, 5.74) is 0.0123. The van der Waals surface area contributed by atoms with Crippen LogP contribution in [0.15, 0.2) is 35.9 Å². The highest BCUT2D eigenvalue weighted by atomic mass is 35.6. The van der Waals surface area contributed by atoms with E-state index in [1.54, 1.807) is 30.3 Å². The average molecular weight is 300 g/mol. The number of alkyl halides is 3. The van der Waals surface area contributed by atoms with Crippen molar-refractivity contribution in [2.45, 2.75) is 3.79 Å². The third-order valence-corrected chi connectivity index (χ3v) is 2.72. The van der Waals surface area contributed by atoms with Crippen LogP contribution in [0, 0.1) is 0 Å². The molecule has 0 radical (unpaired) electrons. The van der Waals surface area contributed by atoms with Gasteiger partial charge >= 0.3 is 5.97 Å². The Morgan fingerprint density at radius 3 is 2.00 bits per heavy atom. The quantitative estimate of drug-likeness (QED) is 0.659. The number of rotatable bonds is 2. The lowest BCUT2D eigenvalue weighted by atomic mass is 10.1. The van der Waals surface area contributed by atoms with Crippen molar-refractivity contribution in [3.8, 4) is 0 Å². The molecule has 6 heteroatoms. The number of carboxylic acids is 1. The number of hydrogen-bond acceptors (Lipinski definition) is 1. The molecule has 2 nitrogen and oxygen atoms in total. The molecule has 1 rings (SSSR count). The Kier molecular flexibility index (Phi) is 4.51. The van der Waals surface area contributed by atoms with Crippen molar-refractivity contribution >= 4 is 57.4 Å². The molecule has 0 amide bonds. The van der Waals surface area contributed by atoms with Gasteiger partial charge in [0.15, 0.2) is 0 Å². The molecule has 0 fully saturated rings. The molecule has 1 aromatic rings. The Hall–Kier alpha value is -0.410. The molecule has 0 atom stereocenters. The molecule has 0 unspecified atom stereocenters. The molecule has 0 aliphatic heterocycles. The van der Waals surface area contributed by atoms with E-state index in [9.17, 15) is 4.79 Å². The van der Waals surface area contributed by atoms with Gasteiger partial charge in [-0.15, -0.1) is 0 Å². The van der Waals surface area contributed by atoms with Gasteiger partial charge in [-0.25, -0.2) is 4.79 Å². The molecule has 0 saturated heterocycles. The first kappa shape index (κ1) is 13.7. The second-order valence-corrected chi connectivity index (χ2v) is 5.52. The van der Waals surface area contributed by atoms with Gasteiger partial charge in [-0.1, -0.05) is 76.7 Å². The summed E-state index contributed by atoms with van der Waals surface area (Å²) in [5.74, 6) is -1.37. The van der Waals surface area contributed by atoms with E-state index in [1.807, 2.05) is 0 Å². The van der Waals surface area contributed by atoms with Crippen LogP contribution in [0.25, 0.3) is 5.03 Å². The minimum atomic E-state index is -2.07. The maximum atomic E-state index is 11.0. The van der Waals surface area contributed by atoms with Gasteiger partial charge in [0.05, 0.1) is 5.03 Å². The Morgan fingerprint density at radius 2 is 1.62 bits per heavy atom. The fraction of sp³-hybridized carbons (Fsp3) is 0.100. The van der Waals surface area contributed by atoms with Gasteiger partial charge in [-0.05, 0) is 5.56 Å². The van der Waals surface area contributed by atoms with Crippen LogP contribution in [-0.4, -0.2) is 14.9 Å². The summed E-state index contributed by atoms with van der Waals surface area (Å²) in [6, 6.07) is 8.43. The molecule has 1 N–H and O–H groups in total. The molecule has 86 valence electrons. The van der Waals surface area contributed by atoms with Crippen LogP contribution in [0.4, 0.5) is 0 Å². The summed E-state index contributed by atoms with van der Waals surface area (Å²) in [6.07, 6.45) is 0. The SMILES string of the molecule is O=C(O)C(=C(Cl)c1ccccc1)C(Cl)(Cl)Cl. The summed E-state index contributed by atoms with van der Waals surface area (Å²) in [5, 5.41) is 8.86. The predicted octanol–water partition coefficient (Wildman–Crippen LogP) is 4.09. The van der Waals surface area contributed by atoms with Crippen LogP contribution in [0.2, 0.25) is 0 Å². The number of carbonyl (C=O) groups is 1. The standard InChI is InChI=1S/C10H6Cl4O2/c11-8(6-4-2-1-3-5-6)7(9(15)16)10(12,13)14/h1-5H,(H,15,16). The van der Waals surface area contributed by atoms with Crippen LogP contribution in [0.5, 0.6) is 0 Å². The van der Waals surface area contributed by atoms with Crippen LogP contribution < -0.4 is 0 Å². The lowest BCUT2D eigenvalue weighted by Gasteiger charge is -2.14. The Labute approximate surface area is 112 Å². The minimum absolute atomic E-state index is 0.0897. The highest BCUT2D eigenvalue weighted by molar-refractivity contribution is 6.72. The Bertz CT molecular complexity index is 420. The number of halogens is 4. The zero-order chi connectivity index (χ0) is 12.3. The van der Waals surface area contributed by atoms with E-state index in [1.165, 1.54) is 0 Å². The number of hydrogen-bond donors (Lipinski definition) is 1. The van der Waals surface area contributed by atoms with Gasteiger partial charge in [-0.2, -0.15) is 0 Å². The maximum absolute atomic E-state index is 11.0. The van der Waals surface area contributed by atoms with Crippen LogP contribution in [-0.2, 0) is 4.79 Å². The fourth-order valence-corrected chi connectivity index (χ4v) is 2.09. The normalized spacial score (nSPS) is 13.2. The van der Waals surface area contributed by atoms with E-state index in [0.717, 1.165) is 0 Å². The van der Waals surface area contributed by atoms with E-state index < -0.39 is 15.3 Å². The summed E-state index contributed by atoms with van der Waals surface area (Å²) >= 11 is 22.5. The van der Waals surface area contributed by atoms with Gasteiger partial charge in [0.1, 0.15) is 5.57 Å². The molecule has 0 saturated carbocycles. The summed E-state index contributed by atoms with van der Waals surface area (Å²) < 4.78 is -2.07. The van der Waals surface area contributed by atoms with E-state index in [2.05, 4.69) is 0 Å². The molecule has 1 aromatic carbocycles. The maximum Gasteiger partial charge on any atom is 0.337 e. The predicted molar refractivity (Wildman–Crippen MR) is 67.1 cm³/mol. The van der Waals surface area contributed by atoms with Crippen molar-refractivity contribution in [1.82, 2.24) is 0 Å². The Balaban J connectivity index is 3.34. The van der Waals surface area contributed by atoms with Gasteiger partial charge < -0.3 is 5.11 Å². The van der Waals surface area contributed by atoms with E-state index in [4.69, 9.17) is 51.5 Å². The first-order valence-corrected chi connectivity index (χ1v) is 5.61. The van der Waals surface area contributed by atoms with Crippen molar-refractivity contribution < 1.29 is 9.90 Å². The largest absolute Gasteiger partial charge is 0.478 e. The van der Waals surface area contributed by atoms with Crippen molar-refractivity contribution in [2.75, 3.05) is 0 Å². The summed E-state index contributed by atoms with van der Waals surface area (Å²) in [6.45, 7) is 0. The third kappa shape index (κ3) is 3.29. The molecule has 0 aliphatic rings. The first-order chi connectivity index (χ1) is 7.34. The highest BCUT2D eigenvalue weighted by Gasteiger charge is 2.34. The molecule has 16 heavy (non-hydrogen) atoms. The molecular formula is C10H6Cl4O2. The van der Waals surface area contributed by atoms with Crippen molar-refractivity contribution in [3.05, 3.63) is 41.5 Å². The van der Waals surface area contributed by atoms with Gasteiger partial charge in [0.2, 0.25) is 3.79 Å². The molecule has 0 spiro atoms. The molecular weight excluding hydrogens is 294 g/mol. The highest BCUT2D eigenvalue weighted by Crippen LogP contribution is 2.40. The topological polar surface area (TPSA) is 37.3 Å².